The van der Waals surface area contributed by atoms with E-state index in [9.17, 15) is 22.0 Å². The first-order valence-corrected chi connectivity index (χ1v) is 10.5. The predicted octanol–water partition coefficient (Wildman–Crippen LogP) is 1.73. The van der Waals surface area contributed by atoms with Crippen LogP contribution in [-0.4, -0.2) is 64.3 Å². The highest BCUT2D eigenvalue weighted by Gasteiger charge is 2.51. The summed E-state index contributed by atoms with van der Waals surface area (Å²) in [5.41, 5.74) is 2.20. The zero-order valence-corrected chi connectivity index (χ0v) is 16.0. The van der Waals surface area contributed by atoms with E-state index in [1.807, 2.05) is 24.3 Å². The molecule has 0 atom stereocenters. The molecular weight excluding hydrogens is 404 g/mol. The maximum absolute atomic E-state index is 13.2. The van der Waals surface area contributed by atoms with Crippen molar-refractivity contribution in [2.24, 2.45) is 0 Å². The fourth-order valence-corrected chi connectivity index (χ4v) is 5.40. The summed E-state index contributed by atoms with van der Waals surface area (Å²) >= 11 is 0. The number of fused-ring (bicyclic) bond motifs is 2. The van der Waals surface area contributed by atoms with Gasteiger partial charge in [-0.2, -0.15) is 9.40 Å². The van der Waals surface area contributed by atoms with Crippen LogP contribution < -0.4 is 0 Å². The normalized spacial score (nSPS) is 19.2. The fraction of sp³-hybridized carbons (Fsp3) is 0.333. The van der Waals surface area contributed by atoms with E-state index in [2.05, 4.69) is 15.2 Å². The Morgan fingerprint density at radius 1 is 1.21 bits per heavy atom. The van der Waals surface area contributed by atoms with Crippen LogP contribution in [0.5, 0.6) is 0 Å². The molecule has 5 rings (SSSR count). The number of aromatic amines is 2. The van der Waals surface area contributed by atoms with Gasteiger partial charge in [-0.15, -0.1) is 0 Å². The van der Waals surface area contributed by atoms with Gasteiger partial charge in [0.1, 0.15) is 5.69 Å². The number of H-pyrrole nitrogens is 2. The standard InChI is InChI=1S/C18H17F2N5O3S/c19-18(20)9-25(10-18)29(27,28)16-12-8-24(6-5-14(12)22-23-16)17(26)15-7-11-3-1-2-4-13(11)21-15/h1-4,7,21H,5-6,8-10H2,(H,22,23). The van der Waals surface area contributed by atoms with E-state index in [4.69, 9.17) is 0 Å². The third-order valence-corrected chi connectivity index (χ3v) is 7.11. The van der Waals surface area contributed by atoms with Gasteiger partial charge >= 0.3 is 0 Å². The van der Waals surface area contributed by atoms with Gasteiger partial charge in [0.15, 0.2) is 5.03 Å². The van der Waals surface area contributed by atoms with Crippen molar-refractivity contribution in [1.82, 2.24) is 24.4 Å². The molecular formula is C18H17F2N5O3S. The minimum Gasteiger partial charge on any atom is -0.351 e. The number of carbonyl (C=O) groups is 1. The zero-order chi connectivity index (χ0) is 20.4. The van der Waals surface area contributed by atoms with Crippen molar-refractivity contribution in [3.8, 4) is 0 Å². The number of rotatable bonds is 3. The first-order chi connectivity index (χ1) is 13.7. The smallest absolute Gasteiger partial charge is 0.275 e. The molecule has 0 saturated carbocycles. The molecule has 2 aliphatic heterocycles. The van der Waals surface area contributed by atoms with E-state index in [1.165, 1.54) is 4.90 Å². The monoisotopic (exact) mass is 421 g/mol. The lowest BCUT2D eigenvalue weighted by Gasteiger charge is -2.37. The maximum atomic E-state index is 13.2. The summed E-state index contributed by atoms with van der Waals surface area (Å²) in [5.74, 6) is -3.27. The maximum Gasteiger partial charge on any atom is 0.275 e. The Morgan fingerprint density at radius 2 is 1.97 bits per heavy atom. The molecule has 4 heterocycles. The number of para-hydroxylation sites is 1. The Balaban J connectivity index is 1.42. The highest BCUT2D eigenvalue weighted by molar-refractivity contribution is 7.89. The third kappa shape index (κ3) is 2.92. The molecule has 2 aliphatic rings. The Hall–Kier alpha value is -2.79. The highest BCUT2D eigenvalue weighted by atomic mass is 32.2. The molecule has 0 radical (unpaired) electrons. The van der Waals surface area contributed by atoms with Crippen LogP contribution >= 0.6 is 0 Å². The van der Waals surface area contributed by atoms with Crippen molar-refractivity contribution < 1.29 is 22.0 Å². The predicted molar refractivity (Wildman–Crippen MR) is 99.0 cm³/mol. The van der Waals surface area contributed by atoms with Crippen LogP contribution in [0.4, 0.5) is 8.78 Å². The van der Waals surface area contributed by atoms with Gasteiger partial charge in [0.05, 0.1) is 19.6 Å². The fourth-order valence-electron chi connectivity index (χ4n) is 3.78. The topological polar surface area (TPSA) is 102 Å². The van der Waals surface area contributed by atoms with Gasteiger partial charge in [-0.3, -0.25) is 9.89 Å². The molecule has 1 aromatic carbocycles. The van der Waals surface area contributed by atoms with Crippen molar-refractivity contribution >= 4 is 26.8 Å². The Labute approximate surface area is 164 Å². The molecule has 1 fully saturated rings. The second-order valence-electron chi connectivity index (χ2n) is 7.36. The van der Waals surface area contributed by atoms with E-state index >= 15 is 0 Å². The molecule has 11 heteroatoms. The molecule has 2 aromatic heterocycles. The summed E-state index contributed by atoms with van der Waals surface area (Å²) in [6.45, 7) is -1.27. The molecule has 2 N–H and O–H groups in total. The SMILES string of the molecule is O=C(c1cc2ccccc2[nH]1)N1CCc2[nH]nc(S(=O)(=O)N3CC(F)(F)C3)c2C1. The number of hydrogen-bond acceptors (Lipinski definition) is 4. The molecule has 0 unspecified atom stereocenters. The van der Waals surface area contributed by atoms with E-state index in [0.717, 1.165) is 10.9 Å². The van der Waals surface area contributed by atoms with Gasteiger partial charge < -0.3 is 9.88 Å². The summed E-state index contributed by atoms with van der Waals surface area (Å²) in [7, 11) is -4.14. The van der Waals surface area contributed by atoms with Gasteiger partial charge in [-0.05, 0) is 12.1 Å². The van der Waals surface area contributed by atoms with Crippen molar-refractivity contribution in [3.05, 3.63) is 47.3 Å². The second kappa shape index (κ2) is 6.10. The number of halogens is 2. The van der Waals surface area contributed by atoms with Crippen molar-refractivity contribution in [2.45, 2.75) is 23.9 Å². The molecule has 3 aromatic rings. The lowest BCUT2D eigenvalue weighted by atomic mass is 10.1. The minimum absolute atomic E-state index is 0.0405. The van der Waals surface area contributed by atoms with Crippen LogP contribution in [0.2, 0.25) is 0 Å². The van der Waals surface area contributed by atoms with E-state index in [0.29, 0.717) is 34.2 Å². The summed E-state index contributed by atoms with van der Waals surface area (Å²) < 4.78 is 52.4. The van der Waals surface area contributed by atoms with Crippen LogP contribution in [0.3, 0.4) is 0 Å². The lowest BCUT2D eigenvalue weighted by Crippen LogP contribution is -2.58. The molecule has 0 spiro atoms. The van der Waals surface area contributed by atoms with E-state index in [1.54, 1.807) is 6.07 Å². The van der Waals surface area contributed by atoms with Crippen LogP contribution in [0.25, 0.3) is 10.9 Å². The molecule has 1 saturated heterocycles. The quantitative estimate of drug-likeness (QED) is 0.672. The van der Waals surface area contributed by atoms with Crippen molar-refractivity contribution in [3.63, 3.8) is 0 Å². The van der Waals surface area contributed by atoms with Gasteiger partial charge in [0.2, 0.25) is 0 Å². The molecule has 0 aliphatic carbocycles. The molecule has 0 bridgehead atoms. The minimum atomic E-state index is -4.14. The van der Waals surface area contributed by atoms with Gasteiger partial charge in [-0.25, -0.2) is 17.2 Å². The van der Waals surface area contributed by atoms with Crippen LogP contribution in [0.1, 0.15) is 21.7 Å². The van der Waals surface area contributed by atoms with Crippen LogP contribution in [0.15, 0.2) is 35.4 Å². The van der Waals surface area contributed by atoms with Gasteiger partial charge in [0, 0.05) is 35.1 Å². The number of hydrogen-bond donors (Lipinski definition) is 2. The number of amides is 1. The largest absolute Gasteiger partial charge is 0.351 e. The Morgan fingerprint density at radius 3 is 2.69 bits per heavy atom. The van der Waals surface area contributed by atoms with E-state index < -0.39 is 29.0 Å². The number of aromatic nitrogens is 3. The molecule has 152 valence electrons. The number of benzene rings is 1. The second-order valence-corrected chi connectivity index (χ2v) is 9.22. The van der Waals surface area contributed by atoms with Crippen LogP contribution in [0, 0.1) is 0 Å². The average molecular weight is 421 g/mol. The van der Waals surface area contributed by atoms with Gasteiger partial charge in [0.25, 0.3) is 21.9 Å². The highest BCUT2D eigenvalue weighted by Crippen LogP contribution is 2.34. The van der Waals surface area contributed by atoms with E-state index in [-0.39, 0.29) is 17.5 Å². The number of carbonyl (C=O) groups excluding carboxylic acids is 1. The van der Waals surface area contributed by atoms with Gasteiger partial charge in [-0.1, -0.05) is 18.2 Å². The Bertz CT molecular complexity index is 1190. The first-order valence-electron chi connectivity index (χ1n) is 9.06. The molecule has 1 amide bonds. The first kappa shape index (κ1) is 18.3. The number of alkyl halides is 2. The number of nitrogens with zero attached hydrogens (tertiary/aromatic N) is 3. The third-order valence-electron chi connectivity index (χ3n) is 5.34. The van der Waals surface area contributed by atoms with Crippen LogP contribution in [-0.2, 0) is 23.0 Å². The summed E-state index contributed by atoms with van der Waals surface area (Å²) in [4.78, 5) is 17.6. The Kier molecular flexibility index (Phi) is 3.84. The molecule has 8 nitrogen and oxygen atoms in total. The lowest BCUT2D eigenvalue weighted by molar-refractivity contribution is -0.0946. The summed E-state index contributed by atoms with van der Waals surface area (Å²) in [6, 6.07) is 9.24. The zero-order valence-electron chi connectivity index (χ0n) is 15.2. The van der Waals surface area contributed by atoms with Crippen molar-refractivity contribution in [1.29, 1.82) is 0 Å². The summed E-state index contributed by atoms with van der Waals surface area (Å²) in [5, 5.41) is 7.19. The van der Waals surface area contributed by atoms with Crippen molar-refractivity contribution in [2.75, 3.05) is 19.6 Å². The average Bonchev–Trinajstić information content (AvgIpc) is 3.29. The number of nitrogens with one attached hydrogen (secondary N) is 2. The molecule has 29 heavy (non-hydrogen) atoms. The number of sulfonamides is 1. The summed E-state index contributed by atoms with van der Waals surface area (Å²) in [6.07, 6.45) is 0.403.